The number of carbonyl (C=O) groups excluding carboxylic acids is 2. The van der Waals surface area contributed by atoms with Gasteiger partial charge in [0.05, 0.1) is 10.0 Å². The fourth-order valence-corrected chi connectivity index (χ4v) is 3.00. The van der Waals surface area contributed by atoms with E-state index in [9.17, 15) is 9.59 Å². The monoisotopic (exact) mass is 443 g/mol. The Morgan fingerprint density at radius 2 is 1.67 bits per heavy atom. The van der Waals surface area contributed by atoms with Gasteiger partial charge in [0.15, 0.2) is 5.16 Å². The average Bonchev–Trinajstić information content (AvgIpc) is 2.65. The second-order valence-corrected chi connectivity index (χ2v) is 7.26. The molecule has 0 spiro atoms. The zero-order chi connectivity index (χ0) is 19.2. The maximum absolute atomic E-state index is 12.1. The lowest BCUT2D eigenvalue weighted by Crippen LogP contribution is -2.34. The summed E-state index contributed by atoms with van der Waals surface area (Å²) in [6, 6.07) is 13.0. The minimum Gasteiger partial charge on any atom is -0.398 e. The number of nitrogens with two attached hydrogens (primary N) is 1. The Hall–Kier alpha value is -2.91. The molecular weight excluding hydrogens is 430 g/mol. The first-order chi connectivity index (χ1) is 13.0. The summed E-state index contributed by atoms with van der Waals surface area (Å²) in [5, 5.41) is 5.46. The molecule has 0 aliphatic carbocycles. The van der Waals surface area contributed by atoms with Gasteiger partial charge in [-0.05, 0) is 64.1 Å². The van der Waals surface area contributed by atoms with Gasteiger partial charge in [0, 0.05) is 28.7 Å². The number of rotatable bonds is 4. The molecule has 9 heteroatoms. The minimum absolute atomic E-state index is 0.244. The Balaban J connectivity index is 1.57. The summed E-state index contributed by atoms with van der Waals surface area (Å²) >= 11 is 4.68. The maximum atomic E-state index is 12.1. The summed E-state index contributed by atoms with van der Waals surface area (Å²) in [5.41, 5.74) is 6.82. The van der Waals surface area contributed by atoms with Crippen molar-refractivity contribution in [2.75, 3.05) is 11.1 Å². The molecule has 0 radical (unpaired) electrons. The molecule has 1 aromatic heterocycles. The van der Waals surface area contributed by atoms with Gasteiger partial charge in [0.25, 0.3) is 5.91 Å². The third-order valence-electron chi connectivity index (χ3n) is 3.35. The third-order valence-corrected chi connectivity index (χ3v) is 4.66. The molecule has 27 heavy (non-hydrogen) atoms. The SMILES string of the molecule is Nc1ccccc1C(=O)NC(=O)Nc1ccc(Sc2ncc(Br)cn2)cc1. The minimum atomic E-state index is -0.639. The van der Waals surface area contributed by atoms with Crippen molar-refractivity contribution >= 4 is 51.0 Å². The van der Waals surface area contributed by atoms with Crippen LogP contribution in [-0.2, 0) is 0 Å². The molecule has 3 amide bonds. The molecule has 0 aliphatic heterocycles. The quantitative estimate of drug-likeness (QED) is 0.416. The summed E-state index contributed by atoms with van der Waals surface area (Å²) in [4.78, 5) is 33.4. The van der Waals surface area contributed by atoms with Gasteiger partial charge in [-0.15, -0.1) is 0 Å². The van der Waals surface area contributed by atoms with Crippen LogP contribution in [0.2, 0.25) is 0 Å². The molecule has 0 aliphatic rings. The highest BCUT2D eigenvalue weighted by molar-refractivity contribution is 9.10. The number of hydrogen-bond donors (Lipinski definition) is 3. The zero-order valence-corrected chi connectivity index (χ0v) is 16.3. The van der Waals surface area contributed by atoms with Crippen molar-refractivity contribution in [2.24, 2.45) is 0 Å². The van der Waals surface area contributed by atoms with E-state index in [4.69, 9.17) is 5.73 Å². The van der Waals surface area contributed by atoms with Gasteiger partial charge in [-0.2, -0.15) is 0 Å². The van der Waals surface area contributed by atoms with Gasteiger partial charge in [-0.25, -0.2) is 14.8 Å². The van der Waals surface area contributed by atoms with Crippen LogP contribution in [0.4, 0.5) is 16.2 Å². The van der Waals surface area contributed by atoms with E-state index in [-0.39, 0.29) is 5.56 Å². The van der Waals surface area contributed by atoms with Crippen molar-refractivity contribution in [3.05, 3.63) is 71.0 Å². The molecule has 3 rings (SSSR count). The molecule has 136 valence electrons. The Labute approximate surface area is 167 Å². The van der Waals surface area contributed by atoms with Gasteiger partial charge < -0.3 is 11.1 Å². The second kappa shape index (κ2) is 8.65. The Kier molecular flexibility index (Phi) is 6.05. The van der Waals surface area contributed by atoms with Crippen LogP contribution in [0.3, 0.4) is 0 Å². The molecule has 0 saturated heterocycles. The first-order valence-corrected chi connectivity index (χ1v) is 9.34. The van der Waals surface area contributed by atoms with Crippen LogP contribution in [-0.4, -0.2) is 21.9 Å². The fourth-order valence-electron chi connectivity index (χ4n) is 2.10. The highest BCUT2D eigenvalue weighted by Crippen LogP contribution is 2.26. The number of nitrogens with one attached hydrogen (secondary N) is 2. The van der Waals surface area contributed by atoms with Gasteiger partial charge in [0.2, 0.25) is 0 Å². The molecular formula is C18H14BrN5O2S. The number of para-hydroxylation sites is 1. The number of urea groups is 1. The Morgan fingerprint density at radius 3 is 2.33 bits per heavy atom. The lowest BCUT2D eigenvalue weighted by molar-refractivity contribution is 0.0968. The van der Waals surface area contributed by atoms with Crippen LogP contribution in [0.25, 0.3) is 0 Å². The third kappa shape index (κ3) is 5.28. The highest BCUT2D eigenvalue weighted by atomic mass is 79.9. The zero-order valence-electron chi connectivity index (χ0n) is 13.8. The summed E-state index contributed by atoms with van der Waals surface area (Å²) in [6.45, 7) is 0. The number of hydrogen-bond acceptors (Lipinski definition) is 6. The number of imide groups is 1. The second-order valence-electron chi connectivity index (χ2n) is 5.31. The van der Waals surface area contributed by atoms with E-state index in [1.807, 2.05) is 12.1 Å². The average molecular weight is 444 g/mol. The maximum Gasteiger partial charge on any atom is 0.326 e. The van der Waals surface area contributed by atoms with Gasteiger partial charge >= 0.3 is 6.03 Å². The summed E-state index contributed by atoms with van der Waals surface area (Å²) in [6.07, 6.45) is 3.35. The van der Waals surface area contributed by atoms with Crippen LogP contribution in [0.1, 0.15) is 10.4 Å². The molecule has 3 aromatic rings. The number of nitrogens with zero attached hydrogens (tertiary/aromatic N) is 2. The predicted octanol–water partition coefficient (Wildman–Crippen LogP) is 3.93. The molecule has 0 bridgehead atoms. The summed E-state index contributed by atoms with van der Waals surface area (Å²) in [5.74, 6) is -0.565. The van der Waals surface area contributed by atoms with Gasteiger partial charge in [-0.3, -0.25) is 10.1 Å². The number of nitrogen functional groups attached to an aromatic ring is 1. The molecule has 7 nitrogen and oxygen atoms in total. The lowest BCUT2D eigenvalue weighted by Gasteiger charge is -2.08. The Morgan fingerprint density at radius 1 is 1.00 bits per heavy atom. The summed E-state index contributed by atoms with van der Waals surface area (Å²) in [7, 11) is 0. The first kappa shape index (κ1) is 18.9. The number of aromatic nitrogens is 2. The molecule has 0 unspecified atom stereocenters. The first-order valence-electron chi connectivity index (χ1n) is 7.73. The molecule has 1 heterocycles. The van der Waals surface area contributed by atoms with E-state index in [1.165, 1.54) is 11.8 Å². The fraction of sp³-hybridized carbons (Fsp3) is 0. The van der Waals surface area contributed by atoms with Crippen molar-refractivity contribution in [3.8, 4) is 0 Å². The van der Waals surface area contributed by atoms with E-state index in [1.54, 1.807) is 48.8 Å². The van der Waals surface area contributed by atoms with E-state index in [2.05, 4.69) is 36.5 Å². The largest absolute Gasteiger partial charge is 0.398 e. The smallest absolute Gasteiger partial charge is 0.326 e. The van der Waals surface area contributed by atoms with Crippen molar-refractivity contribution in [3.63, 3.8) is 0 Å². The number of amides is 3. The van der Waals surface area contributed by atoms with Crippen molar-refractivity contribution in [1.82, 2.24) is 15.3 Å². The van der Waals surface area contributed by atoms with Crippen molar-refractivity contribution in [1.29, 1.82) is 0 Å². The van der Waals surface area contributed by atoms with E-state index in [0.29, 0.717) is 16.5 Å². The van der Waals surface area contributed by atoms with Gasteiger partial charge in [-0.1, -0.05) is 12.1 Å². The molecule has 2 aromatic carbocycles. The number of anilines is 2. The predicted molar refractivity (Wildman–Crippen MR) is 108 cm³/mol. The molecule has 0 saturated carbocycles. The van der Waals surface area contributed by atoms with Crippen molar-refractivity contribution < 1.29 is 9.59 Å². The molecule has 0 atom stereocenters. The molecule has 4 N–H and O–H groups in total. The van der Waals surface area contributed by atoms with Crippen LogP contribution in [0.15, 0.2) is 75.4 Å². The topological polar surface area (TPSA) is 110 Å². The lowest BCUT2D eigenvalue weighted by atomic mass is 10.2. The number of halogens is 1. The van der Waals surface area contributed by atoms with E-state index < -0.39 is 11.9 Å². The standard InChI is InChI=1S/C18H14BrN5O2S/c19-11-9-21-18(22-10-11)27-13-7-5-12(6-8-13)23-17(26)24-16(25)14-3-1-2-4-15(14)20/h1-10H,20H2,(H2,23,24,25,26). The molecule has 0 fully saturated rings. The van der Waals surface area contributed by atoms with Gasteiger partial charge in [0.1, 0.15) is 0 Å². The number of benzene rings is 2. The van der Waals surface area contributed by atoms with Crippen LogP contribution in [0.5, 0.6) is 0 Å². The van der Waals surface area contributed by atoms with E-state index in [0.717, 1.165) is 9.37 Å². The normalized spacial score (nSPS) is 10.3. The highest BCUT2D eigenvalue weighted by Gasteiger charge is 2.12. The summed E-state index contributed by atoms with van der Waals surface area (Å²) < 4.78 is 0.809. The van der Waals surface area contributed by atoms with Crippen LogP contribution >= 0.6 is 27.7 Å². The number of carbonyl (C=O) groups is 2. The van der Waals surface area contributed by atoms with E-state index >= 15 is 0 Å². The van der Waals surface area contributed by atoms with Crippen LogP contribution < -0.4 is 16.4 Å². The van der Waals surface area contributed by atoms with Crippen LogP contribution in [0, 0.1) is 0 Å². The van der Waals surface area contributed by atoms with Crippen molar-refractivity contribution in [2.45, 2.75) is 10.1 Å². The Bertz CT molecular complexity index is 964.